The molecule has 3 atom stereocenters. The molecular formula is C14H24N2O3. The molecule has 2 amide bonds. The number of nitrogens with one attached hydrogen (secondary N) is 1. The molecule has 3 unspecified atom stereocenters. The molecule has 1 heterocycles. The third-order valence-corrected chi connectivity index (χ3v) is 4.33. The summed E-state index contributed by atoms with van der Waals surface area (Å²) in [6, 6.07) is 0.415. The molecule has 0 aromatic carbocycles. The summed E-state index contributed by atoms with van der Waals surface area (Å²) < 4.78 is 0. The highest BCUT2D eigenvalue weighted by Gasteiger charge is 2.37. The van der Waals surface area contributed by atoms with Gasteiger partial charge >= 0.3 is 12.0 Å². The Morgan fingerprint density at radius 2 is 2.21 bits per heavy atom. The van der Waals surface area contributed by atoms with Crippen LogP contribution >= 0.6 is 0 Å². The third-order valence-electron chi connectivity index (χ3n) is 4.33. The monoisotopic (exact) mass is 268 g/mol. The second-order valence-corrected chi connectivity index (χ2v) is 5.85. The molecule has 108 valence electrons. The molecule has 0 radical (unpaired) electrons. The second-order valence-electron chi connectivity index (χ2n) is 5.85. The Bertz CT molecular complexity index is 346. The van der Waals surface area contributed by atoms with Gasteiger partial charge in [-0.15, -0.1) is 0 Å². The fourth-order valence-corrected chi connectivity index (χ4v) is 2.94. The van der Waals surface area contributed by atoms with Gasteiger partial charge in [0.15, 0.2) is 0 Å². The number of carbonyl (C=O) groups is 2. The first-order chi connectivity index (χ1) is 9.10. The summed E-state index contributed by atoms with van der Waals surface area (Å²) >= 11 is 0. The van der Waals surface area contributed by atoms with Crippen LogP contribution in [0.1, 0.15) is 45.4 Å². The fraction of sp³-hybridized carbons (Fsp3) is 0.857. The number of aliphatic carboxylic acids is 1. The number of nitrogens with zero attached hydrogens (tertiary/aromatic N) is 1. The lowest BCUT2D eigenvalue weighted by Gasteiger charge is -2.32. The van der Waals surface area contributed by atoms with E-state index in [-0.39, 0.29) is 12.5 Å². The number of urea groups is 1. The zero-order valence-electron chi connectivity index (χ0n) is 11.6. The number of piperidine rings is 1. The SMILES string of the molecule is CCC1CC1NC(=O)N1CCCC(CCC(=O)O)C1. The molecule has 1 saturated heterocycles. The van der Waals surface area contributed by atoms with Crippen LogP contribution in [0.3, 0.4) is 0 Å². The molecule has 5 nitrogen and oxygen atoms in total. The summed E-state index contributed by atoms with van der Waals surface area (Å²) in [5.74, 6) is 0.263. The highest BCUT2D eigenvalue weighted by atomic mass is 16.4. The fourth-order valence-electron chi connectivity index (χ4n) is 2.94. The zero-order chi connectivity index (χ0) is 13.8. The van der Waals surface area contributed by atoms with E-state index in [1.165, 1.54) is 0 Å². The van der Waals surface area contributed by atoms with Crippen molar-refractivity contribution in [3.63, 3.8) is 0 Å². The quantitative estimate of drug-likeness (QED) is 0.802. The van der Waals surface area contributed by atoms with Crippen molar-refractivity contribution < 1.29 is 14.7 Å². The molecule has 0 spiro atoms. The highest BCUT2D eigenvalue weighted by Crippen LogP contribution is 2.33. The first-order valence-corrected chi connectivity index (χ1v) is 7.37. The van der Waals surface area contributed by atoms with Crippen molar-refractivity contribution in [2.45, 2.75) is 51.5 Å². The summed E-state index contributed by atoms with van der Waals surface area (Å²) in [6.45, 7) is 3.67. The predicted octanol–water partition coefficient (Wildman–Crippen LogP) is 2.07. The van der Waals surface area contributed by atoms with E-state index in [0.717, 1.165) is 32.2 Å². The normalized spacial score (nSPS) is 29.9. The van der Waals surface area contributed by atoms with Crippen molar-refractivity contribution in [3.8, 4) is 0 Å². The summed E-state index contributed by atoms with van der Waals surface area (Å²) in [7, 11) is 0. The summed E-state index contributed by atoms with van der Waals surface area (Å²) in [5.41, 5.74) is 0. The number of amides is 2. The van der Waals surface area contributed by atoms with Crippen LogP contribution in [0, 0.1) is 11.8 Å². The lowest BCUT2D eigenvalue weighted by Crippen LogP contribution is -2.46. The van der Waals surface area contributed by atoms with E-state index in [1.54, 1.807) is 0 Å². The van der Waals surface area contributed by atoms with E-state index in [1.807, 2.05) is 4.90 Å². The van der Waals surface area contributed by atoms with Crippen LogP contribution in [0.15, 0.2) is 0 Å². The second kappa shape index (κ2) is 6.26. The topological polar surface area (TPSA) is 69.6 Å². The number of hydrogen-bond donors (Lipinski definition) is 2. The smallest absolute Gasteiger partial charge is 0.317 e. The van der Waals surface area contributed by atoms with Gasteiger partial charge in [0.1, 0.15) is 0 Å². The zero-order valence-corrected chi connectivity index (χ0v) is 11.6. The molecule has 1 saturated carbocycles. The molecule has 0 aromatic heterocycles. The maximum Gasteiger partial charge on any atom is 0.317 e. The van der Waals surface area contributed by atoms with Crippen molar-refractivity contribution in [3.05, 3.63) is 0 Å². The van der Waals surface area contributed by atoms with Crippen LogP contribution in [0.25, 0.3) is 0 Å². The molecular weight excluding hydrogens is 244 g/mol. The van der Waals surface area contributed by atoms with Gasteiger partial charge in [-0.3, -0.25) is 4.79 Å². The minimum absolute atomic E-state index is 0.0426. The van der Waals surface area contributed by atoms with E-state index in [0.29, 0.717) is 30.8 Å². The maximum absolute atomic E-state index is 12.1. The van der Waals surface area contributed by atoms with E-state index >= 15 is 0 Å². The summed E-state index contributed by atoms with van der Waals surface area (Å²) in [5, 5.41) is 11.8. The van der Waals surface area contributed by atoms with Gasteiger partial charge in [-0.1, -0.05) is 13.3 Å². The van der Waals surface area contributed by atoms with E-state index in [9.17, 15) is 9.59 Å². The first-order valence-electron chi connectivity index (χ1n) is 7.37. The average molecular weight is 268 g/mol. The summed E-state index contributed by atoms with van der Waals surface area (Å²) in [4.78, 5) is 24.5. The third kappa shape index (κ3) is 4.11. The van der Waals surface area contributed by atoms with Gasteiger partial charge in [-0.05, 0) is 37.5 Å². The van der Waals surface area contributed by atoms with Crippen LogP contribution < -0.4 is 5.32 Å². The van der Waals surface area contributed by atoms with E-state index in [4.69, 9.17) is 5.11 Å². The van der Waals surface area contributed by atoms with Crippen LogP contribution in [0.4, 0.5) is 4.79 Å². The molecule has 2 N–H and O–H groups in total. The van der Waals surface area contributed by atoms with Crippen molar-refractivity contribution in [1.29, 1.82) is 0 Å². The standard InChI is InChI=1S/C14H24N2O3/c1-2-11-8-12(11)15-14(19)16-7-3-4-10(9-16)5-6-13(17)18/h10-12H,2-9H2,1H3,(H,15,19)(H,17,18). The number of likely N-dealkylation sites (tertiary alicyclic amines) is 1. The van der Waals surface area contributed by atoms with Gasteiger partial charge in [-0.25, -0.2) is 4.79 Å². The van der Waals surface area contributed by atoms with Gasteiger partial charge in [0.05, 0.1) is 0 Å². The van der Waals surface area contributed by atoms with Crippen LogP contribution in [0.2, 0.25) is 0 Å². The van der Waals surface area contributed by atoms with Gasteiger partial charge < -0.3 is 15.3 Å². The molecule has 2 rings (SSSR count). The number of rotatable bonds is 5. The van der Waals surface area contributed by atoms with E-state index < -0.39 is 5.97 Å². The lowest BCUT2D eigenvalue weighted by molar-refractivity contribution is -0.137. The highest BCUT2D eigenvalue weighted by molar-refractivity contribution is 5.75. The molecule has 1 aliphatic carbocycles. The molecule has 19 heavy (non-hydrogen) atoms. The van der Waals surface area contributed by atoms with Gasteiger partial charge in [0.2, 0.25) is 0 Å². The molecule has 2 fully saturated rings. The largest absolute Gasteiger partial charge is 0.481 e. The van der Waals surface area contributed by atoms with Crippen LogP contribution in [0.5, 0.6) is 0 Å². The summed E-state index contributed by atoms with van der Waals surface area (Å²) in [6.07, 6.45) is 5.16. The number of carboxylic acids is 1. The molecule has 0 aromatic rings. The Morgan fingerprint density at radius 1 is 1.42 bits per heavy atom. The Kier molecular flexibility index (Phi) is 4.66. The van der Waals surface area contributed by atoms with Crippen LogP contribution in [-0.2, 0) is 4.79 Å². The van der Waals surface area contributed by atoms with Crippen molar-refractivity contribution in [2.75, 3.05) is 13.1 Å². The Balaban J connectivity index is 1.73. The minimum Gasteiger partial charge on any atom is -0.481 e. The van der Waals surface area contributed by atoms with Crippen molar-refractivity contribution in [2.24, 2.45) is 11.8 Å². The average Bonchev–Trinajstić information content (AvgIpc) is 3.15. The predicted molar refractivity (Wildman–Crippen MR) is 71.9 cm³/mol. The molecule has 1 aliphatic heterocycles. The van der Waals surface area contributed by atoms with Crippen molar-refractivity contribution >= 4 is 12.0 Å². The van der Waals surface area contributed by atoms with Gasteiger partial charge in [0, 0.05) is 25.6 Å². The number of hydrogen-bond acceptors (Lipinski definition) is 2. The molecule has 2 aliphatic rings. The minimum atomic E-state index is -0.745. The Labute approximate surface area is 114 Å². The number of carbonyl (C=O) groups excluding carboxylic acids is 1. The van der Waals surface area contributed by atoms with Crippen molar-refractivity contribution in [1.82, 2.24) is 10.2 Å². The molecule has 5 heteroatoms. The number of carboxylic acid groups (broad SMARTS) is 1. The van der Waals surface area contributed by atoms with Crippen LogP contribution in [-0.4, -0.2) is 41.1 Å². The Morgan fingerprint density at radius 3 is 2.84 bits per heavy atom. The maximum atomic E-state index is 12.1. The van der Waals surface area contributed by atoms with Gasteiger partial charge in [-0.2, -0.15) is 0 Å². The molecule has 0 bridgehead atoms. The van der Waals surface area contributed by atoms with E-state index in [2.05, 4.69) is 12.2 Å². The lowest BCUT2D eigenvalue weighted by atomic mass is 9.93. The Hall–Kier alpha value is -1.26. The first kappa shape index (κ1) is 14.2. The van der Waals surface area contributed by atoms with Gasteiger partial charge in [0.25, 0.3) is 0 Å².